The van der Waals surface area contributed by atoms with E-state index in [1.165, 1.54) is 19.1 Å². The number of halogens is 5. The summed E-state index contributed by atoms with van der Waals surface area (Å²) < 4.78 is 74.3. The Morgan fingerprint density at radius 3 is 2.20 bits per heavy atom. The molecule has 1 amide bonds. The van der Waals surface area contributed by atoms with E-state index in [1.54, 1.807) is 0 Å². The van der Waals surface area contributed by atoms with Gasteiger partial charge < -0.3 is 14.8 Å². The Labute approximate surface area is 168 Å². The monoisotopic (exact) mass is 432 g/mol. The van der Waals surface area contributed by atoms with Crippen LogP contribution in [0.1, 0.15) is 34.6 Å². The molecule has 2 aromatic rings. The molecule has 162 valence electrons. The van der Waals surface area contributed by atoms with E-state index in [0.29, 0.717) is 0 Å². The second kappa shape index (κ2) is 9.06. The molecule has 0 aliphatic rings. The molecule has 1 aromatic carbocycles. The lowest BCUT2D eigenvalue weighted by atomic mass is 10.0. The molecule has 2 rings (SSSR count). The number of pyridine rings is 1. The Kier molecular flexibility index (Phi) is 6.96. The molecular formula is C19H17F5N2O4. The number of rotatable bonds is 7. The molecule has 0 saturated heterocycles. The summed E-state index contributed by atoms with van der Waals surface area (Å²) in [5, 5.41) is 2.10. The fraction of sp³-hybridized carbons (Fsp3) is 0.316. The molecule has 11 heteroatoms. The van der Waals surface area contributed by atoms with Crippen molar-refractivity contribution in [3.8, 4) is 5.75 Å². The highest BCUT2D eigenvalue weighted by molar-refractivity contribution is 5.90. The average molecular weight is 432 g/mol. The van der Waals surface area contributed by atoms with Crippen molar-refractivity contribution in [1.29, 1.82) is 0 Å². The maximum absolute atomic E-state index is 14.4. The zero-order valence-corrected chi connectivity index (χ0v) is 15.8. The largest absolute Gasteiger partial charge is 0.483 e. The van der Waals surface area contributed by atoms with Gasteiger partial charge in [-0.3, -0.25) is 9.78 Å². The summed E-state index contributed by atoms with van der Waals surface area (Å²) >= 11 is 0. The Morgan fingerprint density at radius 1 is 1.07 bits per heavy atom. The number of nitrogens with zero attached hydrogens (tertiary/aromatic N) is 1. The summed E-state index contributed by atoms with van der Waals surface area (Å²) in [5.74, 6) is -6.39. The van der Waals surface area contributed by atoms with Crippen LogP contribution >= 0.6 is 0 Å². The van der Waals surface area contributed by atoms with Crippen LogP contribution in [0, 0.1) is 0 Å². The predicted octanol–water partition coefficient (Wildman–Crippen LogP) is 3.78. The van der Waals surface area contributed by atoms with Crippen LogP contribution in [-0.2, 0) is 15.5 Å². The zero-order chi connectivity index (χ0) is 22.5. The number of aromatic nitrogens is 1. The van der Waals surface area contributed by atoms with Crippen molar-refractivity contribution in [3.05, 3.63) is 59.4 Å². The number of methoxy groups -OCH3 is 1. The number of hydrogen-bond acceptors (Lipinski definition) is 5. The lowest BCUT2D eigenvalue weighted by Gasteiger charge is -2.20. The van der Waals surface area contributed by atoms with E-state index in [4.69, 9.17) is 0 Å². The third kappa shape index (κ3) is 5.88. The predicted molar refractivity (Wildman–Crippen MR) is 94.0 cm³/mol. The molecule has 6 nitrogen and oxygen atoms in total. The molecule has 0 fully saturated rings. The van der Waals surface area contributed by atoms with Crippen molar-refractivity contribution < 1.29 is 41.0 Å². The summed E-state index contributed by atoms with van der Waals surface area (Å²) in [6, 6.07) is 5.54. The van der Waals surface area contributed by atoms with E-state index < -0.39 is 42.2 Å². The Bertz CT molecular complexity index is 883. The molecule has 0 radical (unpaired) electrons. The SMILES string of the molecule is COC(=O)c1ccc(C(F)(F)C(=O)N[C@H](C)c2ccc(OCC(F)(F)F)cn2)cc1. The van der Waals surface area contributed by atoms with Crippen molar-refractivity contribution in [2.75, 3.05) is 13.7 Å². The highest BCUT2D eigenvalue weighted by atomic mass is 19.4. The molecule has 0 aliphatic carbocycles. The van der Waals surface area contributed by atoms with Gasteiger partial charge in [0, 0.05) is 5.56 Å². The topological polar surface area (TPSA) is 77.5 Å². The quantitative estimate of drug-likeness (QED) is 0.532. The summed E-state index contributed by atoms with van der Waals surface area (Å²) in [6.07, 6.45) is -3.52. The third-order valence-corrected chi connectivity index (χ3v) is 3.91. The highest BCUT2D eigenvalue weighted by Gasteiger charge is 2.41. The first-order valence-electron chi connectivity index (χ1n) is 8.47. The molecule has 0 unspecified atom stereocenters. The molecule has 1 atom stereocenters. The van der Waals surface area contributed by atoms with Gasteiger partial charge in [-0.25, -0.2) is 4.79 Å². The second-order valence-corrected chi connectivity index (χ2v) is 6.16. The first-order chi connectivity index (χ1) is 13.9. The Hall–Kier alpha value is -3.24. The van der Waals surface area contributed by atoms with E-state index in [-0.39, 0.29) is 17.0 Å². The minimum Gasteiger partial charge on any atom is -0.483 e. The van der Waals surface area contributed by atoms with Crippen LogP contribution in [0.3, 0.4) is 0 Å². The van der Waals surface area contributed by atoms with E-state index in [1.807, 2.05) is 0 Å². The minimum absolute atomic E-state index is 0.0443. The van der Waals surface area contributed by atoms with Gasteiger partial charge in [-0.05, 0) is 31.2 Å². The number of carbonyl (C=O) groups excluding carboxylic acids is 2. The molecule has 0 saturated carbocycles. The molecule has 0 spiro atoms. The van der Waals surface area contributed by atoms with Gasteiger partial charge in [0.2, 0.25) is 0 Å². The second-order valence-electron chi connectivity index (χ2n) is 6.16. The van der Waals surface area contributed by atoms with Crippen molar-refractivity contribution >= 4 is 11.9 Å². The molecule has 30 heavy (non-hydrogen) atoms. The van der Waals surface area contributed by atoms with Gasteiger partial charge in [0.15, 0.2) is 6.61 Å². The Morgan fingerprint density at radius 2 is 1.70 bits per heavy atom. The van der Waals surface area contributed by atoms with Crippen molar-refractivity contribution in [2.45, 2.75) is 25.1 Å². The molecule has 0 aliphatic heterocycles. The van der Waals surface area contributed by atoms with Gasteiger partial charge in [0.1, 0.15) is 5.75 Å². The number of hydrogen-bond donors (Lipinski definition) is 1. The van der Waals surface area contributed by atoms with Crippen molar-refractivity contribution in [1.82, 2.24) is 10.3 Å². The Balaban J connectivity index is 2.04. The average Bonchev–Trinajstić information content (AvgIpc) is 2.71. The number of esters is 1. The summed E-state index contributed by atoms with van der Waals surface area (Å²) in [7, 11) is 1.14. The summed E-state index contributed by atoms with van der Waals surface area (Å²) in [5.41, 5.74) is -0.453. The molecule has 1 heterocycles. The highest BCUT2D eigenvalue weighted by Crippen LogP contribution is 2.29. The first kappa shape index (κ1) is 23.0. The third-order valence-electron chi connectivity index (χ3n) is 3.91. The van der Waals surface area contributed by atoms with Gasteiger partial charge in [-0.15, -0.1) is 0 Å². The van der Waals surface area contributed by atoms with Crippen molar-refractivity contribution in [3.63, 3.8) is 0 Å². The maximum Gasteiger partial charge on any atom is 0.422 e. The van der Waals surface area contributed by atoms with Crippen LogP contribution in [0.15, 0.2) is 42.6 Å². The van der Waals surface area contributed by atoms with Gasteiger partial charge >= 0.3 is 18.1 Å². The molecule has 1 N–H and O–H groups in total. The van der Waals surface area contributed by atoms with Crippen LogP contribution in [0.4, 0.5) is 22.0 Å². The zero-order valence-electron chi connectivity index (χ0n) is 15.8. The van der Waals surface area contributed by atoms with E-state index in [0.717, 1.165) is 37.6 Å². The molecule has 0 bridgehead atoms. The standard InChI is InChI=1S/C19H17F5N2O4/c1-11(15-8-7-14(9-25-15)30-10-18(20,21)22)26-17(28)19(23,24)13-5-3-12(4-6-13)16(27)29-2/h3-9,11H,10H2,1-2H3,(H,26,28)/t11-/m1/s1. The van der Waals surface area contributed by atoms with Crippen LogP contribution in [0.2, 0.25) is 0 Å². The summed E-state index contributed by atoms with van der Waals surface area (Å²) in [6.45, 7) is -0.117. The maximum atomic E-state index is 14.4. The van der Waals surface area contributed by atoms with Crippen LogP contribution in [0.25, 0.3) is 0 Å². The van der Waals surface area contributed by atoms with Crippen LogP contribution in [0.5, 0.6) is 5.75 Å². The van der Waals surface area contributed by atoms with Crippen molar-refractivity contribution in [2.24, 2.45) is 0 Å². The fourth-order valence-corrected chi connectivity index (χ4v) is 2.32. The first-order valence-corrected chi connectivity index (χ1v) is 8.47. The van der Waals surface area contributed by atoms with Crippen LogP contribution in [-0.4, -0.2) is 36.8 Å². The smallest absolute Gasteiger partial charge is 0.422 e. The molecule has 1 aromatic heterocycles. The number of alkyl halides is 5. The lowest BCUT2D eigenvalue weighted by Crippen LogP contribution is -2.39. The number of ether oxygens (including phenoxy) is 2. The molecular weight excluding hydrogens is 415 g/mol. The fourth-order valence-electron chi connectivity index (χ4n) is 2.32. The van der Waals surface area contributed by atoms with E-state index in [2.05, 4.69) is 19.8 Å². The van der Waals surface area contributed by atoms with Crippen LogP contribution < -0.4 is 10.1 Å². The normalized spacial score (nSPS) is 12.8. The minimum atomic E-state index is -4.51. The van der Waals surface area contributed by atoms with E-state index >= 15 is 0 Å². The number of carbonyl (C=O) groups is 2. The summed E-state index contributed by atoms with van der Waals surface area (Å²) in [4.78, 5) is 27.3. The van der Waals surface area contributed by atoms with Gasteiger partial charge in [-0.1, -0.05) is 12.1 Å². The number of benzene rings is 1. The number of nitrogens with one attached hydrogen (secondary N) is 1. The van der Waals surface area contributed by atoms with E-state index in [9.17, 15) is 31.5 Å². The number of amides is 1. The van der Waals surface area contributed by atoms with Gasteiger partial charge in [0.25, 0.3) is 5.91 Å². The van der Waals surface area contributed by atoms with Gasteiger partial charge in [0.05, 0.1) is 30.6 Å². The lowest BCUT2D eigenvalue weighted by molar-refractivity contribution is -0.153. The van der Waals surface area contributed by atoms with Gasteiger partial charge in [-0.2, -0.15) is 22.0 Å².